The molecule has 2 unspecified atom stereocenters. The van der Waals surface area contributed by atoms with Crippen LogP contribution in [-0.2, 0) is 23.7 Å². The van der Waals surface area contributed by atoms with E-state index in [-0.39, 0.29) is 12.7 Å². The number of esters is 1. The summed E-state index contributed by atoms with van der Waals surface area (Å²) in [5.74, 6) is -0.392. The maximum Gasteiger partial charge on any atom is 0.407 e. The number of carbonyl (C=O) groups excluding carboxylic acids is 2. The molecule has 172 valence electrons. The second-order valence-corrected chi connectivity index (χ2v) is 8.45. The number of rotatable bonds is 15. The van der Waals surface area contributed by atoms with E-state index in [1.54, 1.807) is 0 Å². The van der Waals surface area contributed by atoms with Crippen LogP contribution in [0.5, 0.6) is 0 Å². The minimum Gasteiger partial charge on any atom is -0.467 e. The highest BCUT2D eigenvalue weighted by molar-refractivity contribution is 5.70. The van der Waals surface area contributed by atoms with Gasteiger partial charge in [-0.15, -0.1) is 0 Å². The molecule has 0 aliphatic carbocycles. The van der Waals surface area contributed by atoms with Crippen LogP contribution in [0, 0.1) is 0 Å². The van der Waals surface area contributed by atoms with E-state index in [2.05, 4.69) is 30.9 Å². The van der Waals surface area contributed by atoms with E-state index in [1.807, 2.05) is 20.8 Å². The molecular weight excluding hydrogens is 376 g/mol. The molecule has 0 saturated carbocycles. The normalized spacial score (nSPS) is 14.7. The van der Waals surface area contributed by atoms with Gasteiger partial charge in [0, 0.05) is 0 Å². The van der Waals surface area contributed by atoms with Crippen molar-refractivity contribution in [3.63, 3.8) is 0 Å². The van der Waals surface area contributed by atoms with Crippen molar-refractivity contribution < 1.29 is 33.0 Å². The van der Waals surface area contributed by atoms with Gasteiger partial charge in [0.2, 0.25) is 0 Å². The Morgan fingerprint density at radius 1 is 1.03 bits per heavy atom. The molecule has 0 heterocycles. The van der Waals surface area contributed by atoms with Crippen LogP contribution in [-0.4, -0.2) is 88.4 Å². The Hall–Kier alpha value is -1.38. The van der Waals surface area contributed by atoms with E-state index in [9.17, 15) is 9.59 Å². The van der Waals surface area contributed by atoms with E-state index >= 15 is 0 Å². The molecule has 0 rings (SSSR count). The molecule has 1 N–H and O–H groups in total. The highest BCUT2D eigenvalue weighted by Gasteiger charge is 2.30. The summed E-state index contributed by atoms with van der Waals surface area (Å²) in [6.45, 7) is 13.5. The number of amides is 1. The number of alkyl carbamates (subject to hydrolysis) is 1. The second kappa shape index (κ2) is 14.6. The number of ether oxygens (including phenoxy) is 4. The Bertz CT molecular complexity index is 467. The van der Waals surface area contributed by atoms with Crippen molar-refractivity contribution in [2.75, 3.05) is 60.2 Å². The zero-order valence-electron chi connectivity index (χ0n) is 19.5. The number of nitrogens with one attached hydrogen (secondary N) is 1. The Morgan fingerprint density at radius 3 is 2.24 bits per heavy atom. The molecule has 0 aromatic heterocycles. The van der Waals surface area contributed by atoms with Crippen LogP contribution >= 0.6 is 0 Å². The van der Waals surface area contributed by atoms with E-state index < -0.39 is 11.6 Å². The van der Waals surface area contributed by atoms with Crippen molar-refractivity contribution >= 4 is 12.1 Å². The van der Waals surface area contributed by atoms with E-state index in [0.29, 0.717) is 32.4 Å². The van der Waals surface area contributed by atoms with Crippen LogP contribution in [0.3, 0.4) is 0 Å². The van der Waals surface area contributed by atoms with Crippen molar-refractivity contribution in [1.82, 2.24) is 5.32 Å². The maximum atomic E-state index is 11.9. The second-order valence-electron chi connectivity index (χ2n) is 8.45. The third kappa shape index (κ3) is 13.5. The summed E-state index contributed by atoms with van der Waals surface area (Å²) >= 11 is 0. The number of hydrogen-bond donors (Lipinski definition) is 1. The standard InChI is InChI=1S/C21H42N2O6/c1-8-10-18(9-2)23(6,12-11-22-20(25)29-21(3,4)5)13-14-27-15-16-28-17-19(24)26-7/h18H,8-17H2,1-7H3/p+1. The third-order valence-electron chi connectivity index (χ3n) is 4.83. The fourth-order valence-corrected chi connectivity index (χ4v) is 3.20. The van der Waals surface area contributed by atoms with Crippen molar-refractivity contribution in [1.29, 1.82) is 0 Å². The highest BCUT2D eigenvalue weighted by Crippen LogP contribution is 2.18. The topological polar surface area (TPSA) is 83.1 Å². The molecule has 8 heteroatoms. The Morgan fingerprint density at radius 2 is 1.69 bits per heavy atom. The zero-order valence-corrected chi connectivity index (χ0v) is 19.5. The van der Waals surface area contributed by atoms with Gasteiger partial charge < -0.3 is 28.7 Å². The summed E-state index contributed by atoms with van der Waals surface area (Å²) in [5, 5.41) is 2.87. The van der Waals surface area contributed by atoms with Crippen molar-refractivity contribution in [3.8, 4) is 0 Å². The fraction of sp³-hybridized carbons (Fsp3) is 0.905. The number of nitrogens with zero attached hydrogens (tertiary/aromatic N) is 1. The highest BCUT2D eigenvalue weighted by atomic mass is 16.6. The van der Waals surface area contributed by atoms with E-state index in [1.165, 1.54) is 7.11 Å². The lowest BCUT2D eigenvalue weighted by molar-refractivity contribution is -0.933. The molecule has 0 radical (unpaired) electrons. The van der Waals surface area contributed by atoms with Crippen LogP contribution in [0.4, 0.5) is 4.79 Å². The number of methoxy groups -OCH3 is 1. The summed E-state index contributed by atoms with van der Waals surface area (Å²) in [7, 11) is 3.55. The van der Waals surface area contributed by atoms with Gasteiger partial charge >= 0.3 is 12.1 Å². The van der Waals surface area contributed by atoms with Crippen LogP contribution in [0.15, 0.2) is 0 Å². The molecule has 0 spiro atoms. The molecule has 0 saturated heterocycles. The minimum absolute atomic E-state index is 0.0572. The first-order valence-electron chi connectivity index (χ1n) is 10.6. The largest absolute Gasteiger partial charge is 0.467 e. The van der Waals surface area contributed by atoms with Gasteiger partial charge in [0.25, 0.3) is 0 Å². The van der Waals surface area contributed by atoms with Crippen LogP contribution < -0.4 is 5.32 Å². The molecule has 0 fully saturated rings. The first-order chi connectivity index (χ1) is 13.6. The van der Waals surface area contributed by atoms with E-state index in [4.69, 9.17) is 14.2 Å². The van der Waals surface area contributed by atoms with Gasteiger partial charge in [-0.3, -0.25) is 0 Å². The number of quaternary nitrogens is 1. The van der Waals surface area contributed by atoms with Gasteiger partial charge in [-0.25, -0.2) is 9.59 Å². The third-order valence-corrected chi connectivity index (χ3v) is 4.83. The molecule has 0 aromatic rings. The van der Waals surface area contributed by atoms with Crippen molar-refractivity contribution in [2.45, 2.75) is 65.5 Å². The van der Waals surface area contributed by atoms with E-state index in [0.717, 1.165) is 36.8 Å². The summed E-state index contributed by atoms with van der Waals surface area (Å²) in [4.78, 5) is 22.9. The molecule has 0 aliphatic rings. The molecule has 0 bridgehead atoms. The first kappa shape index (κ1) is 27.6. The molecular formula is C21H43N2O6+. The van der Waals surface area contributed by atoms with Crippen molar-refractivity contribution in [3.05, 3.63) is 0 Å². The lowest BCUT2D eigenvalue weighted by atomic mass is 10.0. The average molecular weight is 420 g/mol. The van der Waals surface area contributed by atoms with Gasteiger partial charge in [-0.2, -0.15) is 0 Å². The predicted molar refractivity (Wildman–Crippen MR) is 113 cm³/mol. The first-order valence-corrected chi connectivity index (χ1v) is 10.6. The van der Waals surface area contributed by atoms with Gasteiger partial charge in [0.05, 0.1) is 53.1 Å². The quantitative estimate of drug-likeness (QED) is 0.250. The lowest BCUT2D eigenvalue weighted by Gasteiger charge is -2.41. The molecule has 29 heavy (non-hydrogen) atoms. The van der Waals surface area contributed by atoms with Gasteiger partial charge in [0.1, 0.15) is 18.8 Å². The van der Waals surface area contributed by atoms with Gasteiger partial charge in [-0.05, 0) is 33.6 Å². The summed E-state index contributed by atoms with van der Waals surface area (Å²) < 4.78 is 21.6. The summed E-state index contributed by atoms with van der Waals surface area (Å²) in [6, 6.07) is 0.500. The Kier molecular flexibility index (Phi) is 13.9. The number of hydrogen-bond acceptors (Lipinski definition) is 6. The molecule has 0 aliphatic heterocycles. The van der Waals surface area contributed by atoms with Crippen LogP contribution in [0.1, 0.15) is 53.9 Å². The van der Waals surface area contributed by atoms with Crippen LogP contribution in [0.2, 0.25) is 0 Å². The molecule has 1 amide bonds. The van der Waals surface area contributed by atoms with Crippen molar-refractivity contribution in [2.24, 2.45) is 0 Å². The minimum atomic E-state index is -0.500. The summed E-state index contributed by atoms with van der Waals surface area (Å²) in [5.41, 5.74) is -0.500. The lowest BCUT2D eigenvalue weighted by Crippen LogP contribution is -2.56. The van der Waals surface area contributed by atoms with Gasteiger partial charge in [0.15, 0.2) is 0 Å². The number of likely N-dealkylation sites (N-methyl/N-ethyl adjacent to an activating group) is 1. The average Bonchev–Trinajstić information content (AvgIpc) is 2.63. The predicted octanol–water partition coefficient (Wildman–Crippen LogP) is 2.74. The summed E-state index contributed by atoms with van der Waals surface area (Å²) in [6.07, 6.45) is 2.93. The Labute approximate surface area is 176 Å². The fourth-order valence-electron chi connectivity index (χ4n) is 3.20. The molecule has 0 aromatic carbocycles. The monoisotopic (exact) mass is 419 g/mol. The maximum absolute atomic E-state index is 11.9. The molecule has 8 nitrogen and oxygen atoms in total. The van der Waals surface area contributed by atoms with Crippen LogP contribution in [0.25, 0.3) is 0 Å². The SMILES string of the molecule is CCCC(CC)[N+](C)(CCNC(=O)OC(C)(C)C)CCOCCOCC(=O)OC. The Balaban J connectivity index is 4.48. The number of carbonyl (C=O) groups is 2. The van der Waals surface area contributed by atoms with Gasteiger partial charge in [-0.1, -0.05) is 20.3 Å². The molecule has 2 atom stereocenters. The zero-order chi connectivity index (χ0) is 22.3. The smallest absolute Gasteiger partial charge is 0.407 e.